The quantitative estimate of drug-likeness (QED) is 0.0199. The summed E-state index contributed by atoms with van der Waals surface area (Å²) >= 11 is 0. The van der Waals surface area contributed by atoms with E-state index in [2.05, 4.69) is 57.2 Å². The van der Waals surface area contributed by atoms with Crippen LogP contribution in [-0.2, 0) is 28.6 Å². The van der Waals surface area contributed by atoms with E-state index in [1.54, 1.807) is 0 Å². The van der Waals surface area contributed by atoms with Gasteiger partial charge >= 0.3 is 17.9 Å². The minimum Gasteiger partial charge on any atom is -0.462 e. The maximum Gasteiger partial charge on any atom is 0.306 e. The van der Waals surface area contributed by atoms with Crippen molar-refractivity contribution in [1.82, 2.24) is 0 Å². The van der Waals surface area contributed by atoms with Gasteiger partial charge in [0.2, 0.25) is 0 Å². The average molecular weight is 958 g/mol. The highest BCUT2D eigenvalue weighted by atomic mass is 16.6. The molecule has 0 aromatic rings. The van der Waals surface area contributed by atoms with Crippen LogP contribution in [0.1, 0.15) is 252 Å². The SMILES string of the molecule is CC\C=C/C=C\C=C/C=C\C=C\C=C/C=C\CCCCCC(=O)OCC(COC(=O)CCCCCCCCCCCCCCCCC)OC(=O)CCCCCCCCC/C=C\C/C=C\CCCCC. The smallest absolute Gasteiger partial charge is 0.306 e. The normalized spacial score (nSPS) is 12.9. The molecule has 69 heavy (non-hydrogen) atoms. The Morgan fingerprint density at radius 2 is 0.623 bits per heavy atom. The Morgan fingerprint density at radius 3 is 1.04 bits per heavy atom. The Kier molecular flexibility index (Phi) is 53.4. The standard InChI is InChI=1S/C63H104O6/c1-4-7-10-13-16-19-22-25-28-30-31-33-35-38-41-44-47-50-53-56-62(65)68-59-60(58-67-61(64)55-52-49-46-43-40-37-34-27-24-21-18-15-12-9-6-3)69-63(66)57-54-51-48-45-42-39-36-32-29-26-23-20-17-14-11-8-5-2/h7,10,13,16-17,19-20,22,25-26,28-31,33,35,38,41,60H,4-6,8-9,11-12,14-15,18,21,23-24,27,32,34,36-37,39-40,42-59H2,1-3H3/b10-7-,16-13-,20-17-,22-19-,28-25-,29-26-,31-30+,35-33-,41-38-. The molecule has 1 atom stereocenters. The number of hydrogen-bond acceptors (Lipinski definition) is 6. The zero-order valence-electron chi connectivity index (χ0n) is 44.8. The fraction of sp³-hybridized carbons (Fsp3) is 0.667. The van der Waals surface area contributed by atoms with Gasteiger partial charge in [0.15, 0.2) is 6.10 Å². The van der Waals surface area contributed by atoms with Gasteiger partial charge in [0, 0.05) is 19.3 Å². The van der Waals surface area contributed by atoms with Crippen LogP contribution in [-0.4, -0.2) is 37.2 Å². The number of unbranched alkanes of at least 4 members (excludes halogenated alkanes) is 27. The number of carbonyl (C=O) groups is 3. The third-order valence-corrected chi connectivity index (χ3v) is 12.0. The summed E-state index contributed by atoms with van der Waals surface area (Å²) in [6, 6.07) is 0. The van der Waals surface area contributed by atoms with Gasteiger partial charge in [-0.3, -0.25) is 14.4 Å². The van der Waals surface area contributed by atoms with E-state index in [9.17, 15) is 14.4 Å². The molecule has 0 aliphatic rings. The molecule has 392 valence electrons. The predicted molar refractivity (Wildman–Crippen MR) is 297 cm³/mol. The highest BCUT2D eigenvalue weighted by Crippen LogP contribution is 2.15. The van der Waals surface area contributed by atoms with Gasteiger partial charge in [0.05, 0.1) is 0 Å². The molecule has 0 saturated carbocycles. The van der Waals surface area contributed by atoms with Crippen molar-refractivity contribution >= 4 is 17.9 Å². The third kappa shape index (κ3) is 54.9. The van der Waals surface area contributed by atoms with Crippen molar-refractivity contribution in [3.8, 4) is 0 Å². The minimum absolute atomic E-state index is 0.0958. The molecule has 0 N–H and O–H groups in total. The second-order valence-electron chi connectivity index (χ2n) is 18.7. The summed E-state index contributed by atoms with van der Waals surface area (Å²) < 4.78 is 16.8. The van der Waals surface area contributed by atoms with Crippen molar-refractivity contribution < 1.29 is 28.6 Å². The fourth-order valence-corrected chi connectivity index (χ4v) is 7.69. The van der Waals surface area contributed by atoms with E-state index in [1.807, 2.05) is 72.9 Å². The summed E-state index contributed by atoms with van der Waals surface area (Å²) in [5.41, 5.74) is 0. The van der Waals surface area contributed by atoms with Gasteiger partial charge in [-0.2, -0.15) is 0 Å². The van der Waals surface area contributed by atoms with Crippen molar-refractivity contribution in [3.63, 3.8) is 0 Å². The van der Waals surface area contributed by atoms with Crippen LogP contribution in [0.5, 0.6) is 0 Å². The van der Waals surface area contributed by atoms with Crippen LogP contribution in [0.2, 0.25) is 0 Å². The summed E-state index contributed by atoms with van der Waals surface area (Å²) in [4.78, 5) is 38.2. The molecule has 0 aromatic carbocycles. The second kappa shape index (κ2) is 56.7. The van der Waals surface area contributed by atoms with Crippen LogP contribution >= 0.6 is 0 Å². The Morgan fingerprint density at radius 1 is 0.319 bits per heavy atom. The van der Waals surface area contributed by atoms with Crippen molar-refractivity contribution in [2.75, 3.05) is 13.2 Å². The summed E-state index contributed by atoms with van der Waals surface area (Å²) in [7, 11) is 0. The Labute approximate surface area is 425 Å². The first-order chi connectivity index (χ1) is 34.0. The van der Waals surface area contributed by atoms with E-state index in [4.69, 9.17) is 14.2 Å². The molecule has 0 fully saturated rings. The summed E-state index contributed by atoms with van der Waals surface area (Å²) in [5, 5.41) is 0. The maximum atomic E-state index is 12.9. The van der Waals surface area contributed by atoms with Gasteiger partial charge in [0.1, 0.15) is 13.2 Å². The second-order valence-corrected chi connectivity index (χ2v) is 18.7. The third-order valence-electron chi connectivity index (χ3n) is 12.0. The molecule has 0 heterocycles. The summed E-state index contributed by atoms with van der Waals surface area (Å²) in [5.74, 6) is -0.947. The molecule has 6 heteroatoms. The number of ether oxygens (including phenoxy) is 3. The predicted octanol–water partition coefficient (Wildman–Crippen LogP) is 19.1. The van der Waals surface area contributed by atoms with Gasteiger partial charge in [-0.05, 0) is 70.6 Å². The maximum absolute atomic E-state index is 12.9. The number of allylic oxidation sites excluding steroid dienone is 18. The van der Waals surface area contributed by atoms with Crippen LogP contribution in [0.3, 0.4) is 0 Å². The molecule has 0 saturated heterocycles. The molecule has 0 rings (SSSR count). The van der Waals surface area contributed by atoms with E-state index in [-0.39, 0.29) is 31.1 Å². The molecule has 1 unspecified atom stereocenters. The molecule has 0 amide bonds. The highest BCUT2D eigenvalue weighted by Gasteiger charge is 2.19. The monoisotopic (exact) mass is 957 g/mol. The Bertz CT molecular complexity index is 1420. The lowest BCUT2D eigenvalue weighted by molar-refractivity contribution is -0.167. The molecule has 6 nitrogen and oxygen atoms in total. The van der Waals surface area contributed by atoms with Crippen LogP contribution in [0, 0.1) is 0 Å². The molecule has 0 bridgehead atoms. The number of hydrogen-bond donors (Lipinski definition) is 0. The molecule has 0 radical (unpaired) electrons. The molecular weight excluding hydrogens is 853 g/mol. The lowest BCUT2D eigenvalue weighted by Crippen LogP contribution is -2.30. The van der Waals surface area contributed by atoms with Crippen LogP contribution in [0.25, 0.3) is 0 Å². The lowest BCUT2D eigenvalue weighted by Gasteiger charge is -2.18. The van der Waals surface area contributed by atoms with E-state index in [1.165, 1.54) is 128 Å². The van der Waals surface area contributed by atoms with Crippen molar-refractivity contribution in [1.29, 1.82) is 0 Å². The van der Waals surface area contributed by atoms with Gasteiger partial charge in [-0.25, -0.2) is 0 Å². The van der Waals surface area contributed by atoms with Gasteiger partial charge in [0.25, 0.3) is 0 Å². The van der Waals surface area contributed by atoms with Crippen molar-refractivity contribution in [2.45, 2.75) is 258 Å². The molecular formula is C63H104O6. The number of rotatable bonds is 50. The molecule has 0 spiro atoms. The molecule has 0 aliphatic carbocycles. The van der Waals surface area contributed by atoms with Crippen LogP contribution in [0.15, 0.2) is 109 Å². The lowest BCUT2D eigenvalue weighted by atomic mass is 10.0. The van der Waals surface area contributed by atoms with Crippen LogP contribution in [0.4, 0.5) is 0 Å². The van der Waals surface area contributed by atoms with Crippen molar-refractivity contribution in [2.24, 2.45) is 0 Å². The van der Waals surface area contributed by atoms with Crippen molar-refractivity contribution in [3.05, 3.63) is 109 Å². The first kappa shape index (κ1) is 65.1. The molecule has 0 aromatic heterocycles. The fourth-order valence-electron chi connectivity index (χ4n) is 7.69. The van der Waals surface area contributed by atoms with Gasteiger partial charge < -0.3 is 14.2 Å². The van der Waals surface area contributed by atoms with Gasteiger partial charge in [-0.15, -0.1) is 0 Å². The highest BCUT2D eigenvalue weighted by molar-refractivity contribution is 5.71. The van der Waals surface area contributed by atoms with E-state index in [0.717, 1.165) is 83.5 Å². The Balaban J connectivity index is 4.51. The van der Waals surface area contributed by atoms with Crippen LogP contribution < -0.4 is 0 Å². The topological polar surface area (TPSA) is 78.9 Å². The number of esters is 3. The van der Waals surface area contributed by atoms with Gasteiger partial charge in [-0.1, -0.05) is 271 Å². The average Bonchev–Trinajstić information content (AvgIpc) is 3.35. The summed E-state index contributed by atoms with van der Waals surface area (Å²) in [6.45, 7) is 6.43. The minimum atomic E-state index is -0.802. The van der Waals surface area contributed by atoms with E-state index >= 15 is 0 Å². The molecule has 0 aliphatic heterocycles. The largest absolute Gasteiger partial charge is 0.462 e. The first-order valence-corrected chi connectivity index (χ1v) is 28.5. The summed E-state index contributed by atoms with van der Waals surface area (Å²) in [6.07, 6.45) is 76.4. The van der Waals surface area contributed by atoms with E-state index < -0.39 is 6.10 Å². The Hall–Kier alpha value is -3.93. The zero-order chi connectivity index (χ0) is 50.0. The number of carbonyl (C=O) groups excluding carboxylic acids is 3. The zero-order valence-corrected chi connectivity index (χ0v) is 44.8. The first-order valence-electron chi connectivity index (χ1n) is 28.5. The van der Waals surface area contributed by atoms with E-state index in [0.29, 0.717) is 19.3 Å².